The van der Waals surface area contributed by atoms with E-state index in [1.165, 1.54) is 0 Å². The summed E-state index contributed by atoms with van der Waals surface area (Å²) in [6.45, 7) is 6.82. The van der Waals surface area contributed by atoms with Crippen LogP contribution in [0.2, 0.25) is 0 Å². The zero-order valence-electron chi connectivity index (χ0n) is 58.3. The van der Waals surface area contributed by atoms with Crippen LogP contribution in [0.15, 0.2) is 97.1 Å². The Bertz CT molecular complexity index is 3780. The monoisotopic (exact) mass is 1210 g/mol. The molecule has 474 valence electrons. The van der Waals surface area contributed by atoms with Crippen molar-refractivity contribution in [3.8, 4) is 68.0 Å². The second kappa shape index (κ2) is 24.0. The van der Waals surface area contributed by atoms with Crippen molar-refractivity contribution in [1.29, 1.82) is 0 Å². The second-order valence-electron chi connectivity index (χ2n) is 33.8. The summed E-state index contributed by atoms with van der Waals surface area (Å²) in [6.07, 6.45) is -0.115. The second-order valence-corrected chi connectivity index (χ2v) is 33.8. The van der Waals surface area contributed by atoms with Gasteiger partial charge in [0.05, 0.1) is 192 Å². The molecule has 0 spiro atoms. The number of benzene rings is 4. The van der Waals surface area contributed by atoms with Crippen LogP contribution < -0.4 is 18.9 Å². The Morgan fingerprint density at radius 2 is 0.500 bits per heavy atom. The molecule has 0 fully saturated rings. The molecule has 16 heteroatoms. The molecule has 0 saturated heterocycles. The fourth-order valence-corrected chi connectivity index (χ4v) is 12.9. The summed E-state index contributed by atoms with van der Waals surface area (Å²) >= 11 is 0. The maximum atomic E-state index is 7.07. The Morgan fingerprint density at radius 1 is 0.261 bits per heavy atom. The van der Waals surface area contributed by atoms with Crippen molar-refractivity contribution in [2.45, 2.75) is 24.4 Å². The van der Waals surface area contributed by atoms with E-state index in [2.05, 4.69) is 276 Å². The number of rotatable bonds is 24. The molecule has 0 atom stereocenters. The number of nitrogens with zero attached hydrogens (tertiary/aromatic N) is 10. The Balaban J connectivity index is 1.33. The number of nitrogens with one attached hydrogen (secondary N) is 2. The molecule has 8 bridgehead atoms. The molecule has 2 aliphatic heterocycles. The lowest BCUT2D eigenvalue weighted by Crippen LogP contribution is -2.51. The molecular weight excluding hydrogens is 1100 g/mol. The highest BCUT2D eigenvalue weighted by molar-refractivity contribution is 6.12. The molecule has 4 aromatic carbocycles. The molecule has 7 aromatic rings. The largest absolute Gasteiger partial charge is 0.479 e. The van der Waals surface area contributed by atoms with Crippen LogP contribution in [0.5, 0.6) is 23.0 Å². The molecule has 0 radical (unpaired) electrons. The van der Waals surface area contributed by atoms with Gasteiger partial charge in [0.1, 0.15) is 75.4 Å². The van der Waals surface area contributed by atoms with Crippen molar-refractivity contribution in [3.05, 3.63) is 97.1 Å². The van der Waals surface area contributed by atoms with Gasteiger partial charge in [0.15, 0.2) is 24.4 Å². The smallest absolute Gasteiger partial charge is 0.196 e. The number of fused-ring (bicyclic) bond motifs is 20. The van der Waals surface area contributed by atoms with E-state index >= 15 is 0 Å². The first-order valence-corrected chi connectivity index (χ1v) is 31.4. The normalized spacial score (nSPS) is 13.8. The van der Waals surface area contributed by atoms with E-state index in [1.54, 1.807) is 0 Å². The SMILES string of the molecule is C[N+](C)(C)CC(C[N+](C)(C)C)Oc1ccc2c(c1)-c1cc3nc(cc4[nH]c(cc5[nH]c(cc-2n1)c1cc(OC(C[N+](C)(C)C)C[N+](C)(C)C)ccc51)c1cc(OC(C[N+](C)(C)C)C[N+](C)(C)C)ccc41)-c1cc(OC(C[N+](C)(C)C)C[N+](C)(C)C)ccc1-3. The van der Waals surface area contributed by atoms with Crippen LogP contribution in [0.25, 0.3) is 88.6 Å². The highest BCUT2D eigenvalue weighted by Crippen LogP contribution is 2.44. The molecule has 3 aromatic heterocycles. The molecule has 0 unspecified atom stereocenters. The molecule has 0 saturated carbocycles. The average molecular weight is 1210 g/mol. The van der Waals surface area contributed by atoms with Crippen LogP contribution in [-0.2, 0) is 0 Å². The fraction of sp³-hybridized carbons (Fsp3) is 0.500. The molecule has 0 amide bonds. The van der Waals surface area contributed by atoms with Gasteiger partial charge in [-0.2, -0.15) is 0 Å². The van der Waals surface area contributed by atoms with Gasteiger partial charge < -0.3 is 64.8 Å². The van der Waals surface area contributed by atoms with Crippen LogP contribution in [0.1, 0.15) is 0 Å². The third-order valence-electron chi connectivity index (χ3n) is 15.6. The predicted molar refractivity (Wildman–Crippen MR) is 366 cm³/mol. The van der Waals surface area contributed by atoms with Crippen molar-refractivity contribution in [1.82, 2.24) is 19.9 Å². The molecule has 88 heavy (non-hydrogen) atoms. The maximum absolute atomic E-state index is 7.07. The standard InChI is InChI=1S/C72H110N12O4/c1-77(2,3)41-53(42-78(4,5)6)85-49-25-29-57-61(33-49)69-37-66-58-30-26-50(86-54(43-79(7,8)9)44-80(10,11)12)34-62(58)71(74-66)39-68-60-32-28-52(88-56(47-83(19,20)21)48-84(22,23)24)36-64(60)72(76-68)40-67-59-31-27-51(35-63(59)70(75-67)38-65(57)73-69)87-55(45-81(13,14)15)46-82(16,17)18/h25-40,53-56,73-74H,41-48H2,1-24H3/q+8. The van der Waals surface area contributed by atoms with Crippen LogP contribution in [0, 0.1) is 0 Å². The zero-order valence-corrected chi connectivity index (χ0v) is 58.3. The summed E-state index contributed by atoms with van der Waals surface area (Å²) in [7, 11) is 53.6. The quantitative estimate of drug-likeness (QED) is 0.0586. The van der Waals surface area contributed by atoms with E-state index in [-0.39, 0.29) is 24.4 Å². The minimum absolute atomic E-state index is 0.0244. The molecule has 16 nitrogen and oxygen atoms in total. The first kappa shape index (κ1) is 65.8. The summed E-state index contributed by atoms with van der Waals surface area (Å²) in [6, 6.07) is 35.0. The van der Waals surface area contributed by atoms with Gasteiger partial charge in [-0.1, -0.05) is 0 Å². The van der Waals surface area contributed by atoms with Crippen LogP contribution in [-0.4, -0.2) is 302 Å². The van der Waals surface area contributed by atoms with Crippen molar-refractivity contribution >= 4 is 43.6 Å². The number of hydrogen-bond acceptors (Lipinski definition) is 6. The number of hydrogen-bond donors (Lipinski definition) is 2. The number of H-pyrrole nitrogens is 2. The number of aromatic nitrogens is 4. The van der Waals surface area contributed by atoms with Crippen molar-refractivity contribution < 1.29 is 54.8 Å². The average Bonchev–Trinajstić information content (AvgIpc) is 1.74. The Kier molecular flexibility index (Phi) is 17.9. The lowest BCUT2D eigenvalue weighted by Gasteiger charge is -2.34. The number of likely N-dealkylation sites (N-methyl/N-ethyl adjacent to an activating group) is 8. The lowest BCUT2D eigenvalue weighted by atomic mass is 10.0. The van der Waals surface area contributed by atoms with E-state index < -0.39 is 0 Å². The first-order chi connectivity index (χ1) is 40.4. The minimum Gasteiger partial charge on any atom is -0.479 e. The van der Waals surface area contributed by atoms with Crippen molar-refractivity contribution in [2.75, 3.05) is 222 Å². The topological polar surface area (TPSA) is 94.3 Å². The maximum Gasteiger partial charge on any atom is 0.196 e. The van der Waals surface area contributed by atoms with Crippen LogP contribution >= 0.6 is 0 Å². The summed E-state index contributed by atoms with van der Waals surface area (Å²) in [5, 5.41) is 4.21. The number of aromatic amines is 2. The Hall–Kier alpha value is -6.60. The van der Waals surface area contributed by atoms with Gasteiger partial charge in [-0.15, -0.1) is 0 Å². The molecule has 2 aliphatic rings. The highest BCUT2D eigenvalue weighted by atomic mass is 16.5. The van der Waals surface area contributed by atoms with Crippen LogP contribution in [0.4, 0.5) is 0 Å². The summed E-state index contributed by atoms with van der Waals surface area (Å²) in [5.41, 5.74) is 11.1. The third kappa shape index (κ3) is 17.8. The van der Waals surface area contributed by atoms with Crippen molar-refractivity contribution in [3.63, 3.8) is 0 Å². The van der Waals surface area contributed by atoms with E-state index in [9.17, 15) is 0 Å². The summed E-state index contributed by atoms with van der Waals surface area (Å²) in [5.74, 6) is 3.29. The van der Waals surface area contributed by atoms with Gasteiger partial charge in [-0.05, 0) is 97.1 Å². The van der Waals surface area contributed by atoms with Crippen LogP contribution in [0.3, 0.4) is 0 Å². The third-order valence-corrected chi connectivity index (χ3v) is 15.6. The van der Waals surface area contributed by atoms with Gasteiger partial charge in [0, 0.05) is 65.9 Å². The Morgan fingerprint density at radius 3 is 0.818 bits per heavy atom. The van der Waals surface area contributed by atoms with Gasteiger partial charge in [0.25, 0.3) is 0 Å². The number of quaternary nitrogens is 8. The van der Waals surface area contributed by atoms with E-state index in [0.29, 0.717) is 0 Å². The predicted octanol–water partition coefficient (Wildman–Crippen LogP) is 9.93. The fourth-order valence-electron chi connectivity index (χ4n) is 12.9. The van der Waals surface area contributed by atoms with E-state index in [0.717, 1.165) is 200 Å². The molecular formula is C72H110N12O4+8. The summed E-state index contributed by atoms with van der Waals surface area (Å²) in [4.78, 5) is 19.2. The van der Waals surface area contributed by atoms with E-state index in [4.69, 9.17) is 28.9 Å². The molecule has 2 N–H and O–H groups in total. The minimum atomic E-state index is -0.0329. The van der Waals surface area contributed by atoms with Gasteiger partial charge >= 0.3 is 0 Å². The zero-order chi connectivity index (χ0) is 64.5. The highest BCUT2D eigenvalue weighted by Gasteiger charge is 2.32. The molecule has 5 heterocycles. The summed E-state index contributed by atoms with van der Waals surface area (Å²) < 4.78 is 34.5. The Labute approximate surface area is 527 Å². The lowest BCUT2D eigenvalue weighted by molar-refractivity contribution is -0.894. The van der Waals surface area contributed by atoms with Crippen molar-refractivity contribution in [2.24, 2.45) is 0 Å². The van der Waals surface area contributed by atoms with Gasteiger partial charge in [-0.25, -0.2) is 9.97 Å². The first-order valence-electron chi connectivity index (χ1n) is 31.4. The van der Waals surface area contributed by atoms with Gasteiger partial charge in [0.2, 0.25) is 0 Å². The molecule has 9 rings (SSSR count). The molecule has 0 aliphatic carbocycles. The number of ether oxygens (including phenoxy) is 4. The van der Waals surface area contributed by atoms with Gasteiger partial charge in [-0.3, -0.25) is 0 Å². The van der Waals surface area contributed by atoms with E-state index in [1.807, 2.05) is 0 Å².